The van der Waals surface area contributed by atoms with Gasteiger partial charge in [-0.2, -0.15) is 8.42 Å². The van der Waals surface area contributed by atoms with E-state index in [1.807, 2.05) is 0 Å². The van der Waals surface area contributed by atoms with Gasteiger partial charge >= 0.3 is 61.8 Å². The summed E-state index contributed by atoms with van der Waals surface area (Å²) >= 11 is 4.90. The standard InChI is InChI=1S/C6H11ClNO5.K.H2O4S/c7-6(13)3(8)5(12)4(11)2(10)1-9;;1-5(2,3)4/h2,4-5,9-12H,1,8H2;;(H2,1,2,3,4)/q-1;+1;/t2-,4-,5-;;/m1../s1. The molecule has 0 spiro atoms. The van der Waals surface area contributed by atoms with Gasteiger partial charge in [0.05, 0.1) is 12.7 Å². The van der Waals surface area contributed by atoms with E-state index in [1.165, 1.54) is 0 Å². The Hall–Kier alpha value is 1.14. The molecule has 0 heterocycles. The summed E-state index contributed by atoms with van der Waals surface area (Å²) in [6.45, 7) is -0.762. The molecule has 0 aliphatic heterocycles. The molecular weight excluding hydrogens is 337 g/mol. The van der Waals surface area contributed by atoms with Gasteiger partial charge < -0.3 is 31.0 Å². The smallest absolute Gasteiger partial charge is 0.455 e. The van der Waals surface area contributed by atoms with Gasteiger partial charge in [0.1, 0.15) is 11.3 Å². The van der Waals surface area contributed by atoms with Crippen molar-refractivity contribution in [1.82, 2.24) is 0 Å². The van der Waals surface area contributed by atoms with Crippen molar-refractivity contribution in [2.75, 3.05) is 6.61 Å². The summed E-state index contributed by atoms with van der Waals surface area (Å²) in [6.07, 6.45) is -5.11. The number of aliphatic hydroxyl groups is 4. The Labute approximate surface area is 156 Å². The second-order valence-corrected chi connectivity index (χ2v) is 4.10. The van der Waals surface area contributed by atoms with Crippen LogP contribution in [0.15, 0.2) is 0 Å². The molecule has 0 rings (SSSR count). The van der Waals surface area contributed by atoms with Crippen LogP contribution in [0.4, 0.5) is 0 Å². The zero-order valence-corrected chi connectivity index (χ0v) is 14.4. The molecule has 0 bridgehead atoms. The summed E-state index contributed by atoms with van der Waals surface area (Å²) in [6, 6.07) is -0.679. The molecule has 0 aromatic heterocycles. The first kappa shape index (κ1) is 25.1. The second-order valence-electron chi connectivity index (χ2n) is 2.86. The van der Waals surface area contributed by atoms with E-state index in [1.54, 1.807) is 0 Å². The summed E-state index contributed by atoms with van der Waals surface area (Å²) in [5, 5.41) is 34.2. The molecule has 110 valence electrons. The van der Waals surface area contributed by atoms with Crippen LogP contribution < -0.4 is 57.1 Å². The maximum absolute atomic E-state index is 10.4. The number of rotatable bonds is 5. The molecule has 0 aliphatic carbocycles. The van der Waals surface area contributed by atoms with Gasteiger partial charge in [-0.1, -0.05) is 11.6 Å². The first-order valence-electron chi connectivity index (χ1n) is 4.08. The molecule has 0 fully saturated rings. The van der Waals surface area contributed by atoms with Crippen molar-refractivity contribution in [3.63, 3.8) is 0 Å². The van der Waals surface area contributed by atoms with Gasteiger partial charge in [-0.05, 0) is 6.10 Å². The van der Waals surface area contributed by atoms with Crippen LogP contribution in [0.5, 0.6) is 0 Å². The van der Waals surface area contributed by atoms with E-state index in [4.69, 9.17) is 55.3 Å². The molecule has 0 saturated heterocycles. The van der Waals surface area contributed by atoms with Crippen LogP contribution in [-0.2, 0) is 15.2 Å². The molecule has 8 N–H and O–H groups in total. The van der Waals surface area contributed by atoms with Crippen molar-refractivity contribution in [3.05, 3.63) is 6.04 Å². The Kier molecular flexibility index (Phi) is 15.5. The second kappa shape index (κ2) is 11.8. The SMILES string of the molecule is N[C-](C(=O)Cl)[C@@H](O)[C@H](O)[C@H](O)CO.O=S(=O)(O)O.[K+]. The molecule has 0 radical (unpaired) electrons. The first-order valence-corrected chi connectivity index (χ1v) is 5.86. The molecular formula is C6H13ClKNO9S. The number of carbonyl (C=O) groups is 1. The zero-order chi connectivity index (χ0) is 15.1. The minimum absolute atomic E-state index is 0. The summed E-state index contributed by atoms with van der Waals surface area (Å²) < 4.78 is 31.6. The van der Waals surface area contributed by atoms with Crippen molar-refractivity contribution in [1.29, 1.82) is 0 Å². The van der Waals surface area contributed by atoms with E-state index >= 15 is 0 Å². The summed E-state index contributed by atoms with van der Waals surface area (Å²) in [5.74, 6) is 0. The fourth-order valence-corrected chi connectivity index (χ4v) is 0.730. The molecule has 10 nitrogen and oxygen atoms in total. The van der Waals surface area contributed by atoms with Gasteiger partial charge in [0, 0.05) is 0 Å². The van der Waals surface area contributed by atoms with Gasteiger partial charge in [0.25, 0.3) is 0 Å². The maximum Gasteiger partial charge on any atom is 1.00 e. The van der Waals surface area contributed by atoms with E-state index < -0.39 is 46.6 Å². The van der Waals surface area contributed by atoms with Crippen molar-refractivity contribution in [3.8, 4) is 0 Å². The third-order valence-corrected chi connectivity index (χ3v) is 1.67. The molecule has 0 saturated carbocycles. The summed E-state index contributed by atoms with van der Waals surface area (Å²) in [4.78, 5) is 10.4. The Morgan fingerprint density at radius 1 is 1.26 bits per heavy atom. The summed E-state index contributed by atoms with van der Waals surface area (Å²) in [7, 11) is -4.67. The Morgan fingerprint density at radius 2 is 1.58 bits per heavy atom. The van der Waals surface area contributed by atoms with Gasteiger partial charge in [-0.3, -0.25) is 9.11 Å². The molecule has 0 aliphatic rings. The van der Waals surface area contributed by atoms with Gasteiger partial charge in [0.15, 0.2) is 0 Å². The predicted molar refractivity (Wildman–Crippen MR) is 57.6 cm³/mol. The molecule has 0 aromatic rings. The van der Waals surface area contributed by atoms with Gasteiger partial charge in [0.2, 0.25) is 0 Å². The Bertz CT molecular complexity index is 345. The number of carbonyl (C=O) groups excluding carboxylic acids is 1. The molecule has 3 atom stereocenters. The number of hydrogen-bond acceptors (Lipinski definition) is 8. The van der Waals surface area contributed by atoms with Crippen molar-refractivity contribution in [2.45, 2.75) is 18.3 Å². The zero-order valence-electron chi connectivity index (χ0n) is 9.71. The number of aliphatic hydroxyl groups excluding tert-OH is 4. The number of halogens is 1. The summed E-state index contributed by atoms with van der Waals surface area (Å²) in [5.41, 5.74) is 4.99. The number of hydrogen-bond donors (Lipinski definition) is 7. The van der Waals surface area contributed by atoms with E-state index in [-0.39, 0.29) is 51.4 Å². The third-order valence-electron chi connectivity index (χ3n) is 1.45. The van der Waals surface area contributed by atoms with E-state index in [0.717, 1.165) is 0 Å². The molecule has 0 unspecified atom stereocenters. The van der Waals surface area contributed by atoms with Crippen molar-refractivity contribution in [2.24, 2.45) is 5.73 Å². The topological polar surface area (TPSA) is 199 Å². The first-order chi connectivity index (χ1) is 7.91. The van der Waals surface area contributed by atoms with Crippen LogP contribution in [0, 0.1) is 6.04 Å². The van der Waals surface area contributed by atoms with E-state index in [9.17, 15) is 4.79 Å². The Balaban J connectivity index is -0.000000366. The normalized spacial score (nSPS) is 15.2. The van der Waals surface area contributed by atoms with Gasteiger partial charge in [-0.25, -0.2) is 6.04 Å². The van der Waals surface area contributed by atoms with Crippen LogP contribution in [0.3, 0.4) is 0 Å². The minimum Gasteiger partial charge on any atom is -0.455 e. The quantitative estimate of drug-likeness (QED) is 0.108. The van der Waals surface area contributed by atoms with Crippen LogP contribution >= 0.6 is 11.6 Å². The number of nitrogens with two attached hydrogens (primary N) is 1. The average molecular weight is 350 g/mol. The fourth-order valence-electron chi connectivity index (χ4n) is 0.619. The monoisotopic (exact) mass is 349 g/mol. The molecule has 0 aromatic carbocycles. The fraction of sp³-hybridized carbons (Fsp3) is 0.667. The van der Waals surface area contributed by atoms with Crippen LogP contribution in [0.2, 0.25) is 0 Å². The largest absolute Gasteiger partial charge is 1.00 e. The van der Waals surface area contributed by atoms with Crippen LogP contribution in [-0.4, -0.2) is 68.1 Å². The van der Waals surface area contributed by atoms with E-state index in [0.29, 0.717) is 0 Å². The van der Waals surface area contributed by atoms with Crippen molar-refractivity contribution < 1.29 is 94.1 Å². The molecule has 0 amide bonds. The van der Waals surface area contributed by atoms with Gasteiger partial charge in [-0.15, -0.1) is 0 Å². The Morgan fingerprint density at radius 3 is 1.79 bits per heavy atom. The molecule has 19 heavy (non-hydrogen) atoms. The third kappa shape index (κ3) is 15.3. The minimum atomic E-state index is -4.67. The predicted octanol–water partition coefficient (Wildman–Crippen LogP) is -6.33. The molecule has 13 heteroatoms. The van der Waals surface area contributed by atoms with Crippen LogP contribution in [0.25, 0.3) is 0 Å². The maximum atomic E-state index is 10.4. The van der Waals surface area contributed by atoms with Crippen LogP contribution in [0.1, 0.15) is 0 Å². The van der Waals surface area contributed by atoms with Crippen molar-refractivity contribution >= 4 is 27.2 Å². The average Bonchev–Trinajstić information content (AvgIpc) is 2.22. The van der Waals surface area contributed by atoms with E-state index in [2.05, 4.69) is 0 Å².